The van der Waals surface area contributed by atoms with Crippen molar-refractivity contribution < 1.29 is 17.9 Å². The zero-order valence-electron chi connectivity index (χ0n) is 15.0. The highest BCUT2D eigenvalue weighted by atomic mass is 35.5. The summed E-state index contributed by atoms with van der Waals surface area (Å²) < 4.78 is 37.6. The number of hydrogen-bond acceptors (Lipinski definition) is 5. The minimum Gasteiger partial charge on any atom is -0.486 e. The first kappa shape index (κ1) is 18.9. The number of H-pyrrole nitrogens is 1. The predicted octanol–water partition coefficient (Wildman–Crippen LogP) is 2.76. The highest BCUT2D eigenvalue weighted by Crippen LogP contribution is 2.36. The zero-order chi connectivity index (χ0) is 19.7. The summed E-state index contributed by atoms with van der Waals surface area (Å²) in [5, 5.41) is 0.334. The van der Waals surface area contributed by atoms with Crippen LogP contribution in [0.25, 0.3) is 11.0 Å². The summed E-state index contributed by atoms with van der Waals surface area (Å²) in [5.74, 6) is 0.789. The molecule has 3 aromatic rings. The molecule has 4 rings (SSSR count). The van der Waals surface area contributed by atoms with Crippen LogP contribution in [-0.4, -0.2) is 36.9 Å². The lowest BCUT2D eigenvalue weighted by atomic mass is 10.2. The third-order valence-electron chi connectivity index (χ3n) is 4.61. The molecule has 0 atom stereocenters. The molecule has 1 aliphatic heterocycles. The molecule has 0 unspecified atom stereocenters. The number of nitrogens with zero attached hydrogens (tertiary/aromatic N) is 1. The smallest absolute Gasteiger partial charge is 0.326 e. The Bertz CT molecular complexity index is 1180. The minimum atomic E-state index is -3.41. The standard InChI is InChI=1S/C19H19ClN2O5S/c20-14-11-18-17(26-7-8-27-18)10-13(14)12-28(24,25)9-3-6-22-16-5-2-1-4-15(16)21-19(22)23/h1-2,4-5,10-11H,3,6-9,12H2,(H,21,23). The molecule has 0 radical (unpaired) electrons. The van der Waals surface area contributed by atoms with Crippen LogP contribution in [0.1, 0.15) is 12.0 Å². The number of halogens is 1. The van der Waals surface area contributed by atoms with E-state index < -0.39 is 9.84 Å². The van der Waals surface area contributed by atoms with E-state index in [1.54, 1.807) is 16.7 Å². The topological polar surface area (TPSA) is 90.4 Å². The molecule has 148 valence electrons. The predicted molar refractivity (Wildman–Crippen MR) is 107 cm³/mol. The van der Waals surface area contributed by atoms with Crippen LogP contribution in [0.5, 0.6) is 11.5 Å². The molecule has 0 aliphatic carbocycles. The van der Waals surface area contributed by atoms with Gasteiger partial charge in [-0.3, -0.25) is 4.57 Å². The van der Waals surface area contributed by atoms with Crippen molar-refractivity contribution in [3.05, 3.63) is 57.5 Å². The van der Waals surface area contributed by atoms with Crippen LogP contribution in [0.3, 0.4) is 0 Å². The van der Waals surface area contributed by atoms with Gasteiger partial charge in [-0.15, -0.1) is 0 Å². The molecular formula is C19H19ClN2O5S. The average molecular weight is 423 g/mol. The molecule has 0 amide bonds. The van der Waals surface area contributed by atoms with Crippen molar-refractivity contribution in [2.75, 3.05) is 19.0 Å². The summed E-state index contributed by atoms with van der Waals surface area (Å²) in [5.41, 5.74) is 1.74. The Labute approximate surface area is 166 Å². The summed E-state index contributed by atoms with van der Waals surface area (Å²) >= 11 is 6.22. The van der Waals surface area contributed by atoms with Gasteiger partial charge in [0.1, 0.15) is 13.2 Å². The van der Waals surface area contributed by atoms with E-state index in [0.717, 1.165) is 11.0 Å². The van der Waals surface area contributed by atoms with Gasteiger partial charge < -0.3 is 14.5 Å². The normalized spacial score (nSPS) is 13.8. The molecule has 1 aliphatic rings. The van der Waals surface area contributed by atoms with Gasteiger partial charge in [-0.1, -0.05) is 23.7 Å². The first-order chi connectivity index (χ1) is 13.4. The molecule has 2 aromatic carbocycles. The van der Waals surface area contributed by atoms with Crippen LogP contribution in [0.4, 0.5) is 0 Å². The average Bonchev–Trinajstić information content (AvgIpc) is 2.97. The lowest BCUT2D eigenvalue weighted by Crippen LogP contribution is -2.19. The summed E-state index contributed by atoms with van der Waals surface area (Å²) in [6.45, 7) is 1.17. The number of benzene rings is 2. The molecule has 2 heterocycles. The van der Waals surface area contributed by atoms with E-state index in [0.29, 0.717) is 48.3 Å². The van der Waals surface area contributed by atoms with Crippen molar-refractivity contribution >= 4 is 32.5 Å². The summed E-state index contributed by atoms with van der Waals surface area (Å²) in [6.07, 6.45) is 0.326. The number of fused-ring (bicyclic) bond motifs is 2. The van der Waals surface area contributed by atoms with E-state index >= 15 is 0 Å². The van der Waals surface area contributed by atoms with Crippen molar-refractivity contribution in [3.8, 4) is 11.5 Å². The third kappa shape index (κ3) is 3.88. The van der Waals surface area contributed by atoms with Crippen LogP contribution < -0.4 is 15.2 Å². The first-order valence-corrected chi connectivity index (χ1v) is 11.1. The van der Waals surface area contributed by atoms with Crippen molar-refractivity contribution in [2.24, 2.45) is 0 Å². The van der Waals surface area contributed by atoms with Crippen LogP contribution in [0.15, 0.2) is 41.2 Å². The highest BCUT2D eigenvalue weighted by molar-refractivity contribution is 7.90. The molecule has 1 N–H and O–H groups in total. The highest BCUT2D eigenvalue weighted by Gasteiger charge is 2.20. The molecule has 7 nitrogen and oxygen atoms in total. The van der Waals surface area contributed by atoms with Gasteiger partial charge in [-0.2, -0.15) is 0 Å². The Hall–Kier alpha value is -2.45. The van der Waals surface area contributed by atoms with Gasteiger partial charge in [0.2, 0.25) is 0 Å². The van der Waals surface area contributed by atoms with Crippen molar-refractivity contribution in [1.29, 1.82) is 0 Å². The van der Waals surface area contributed by atoms with Gasteiger partial charge in [-0.05, 0) is 30.2 Å². The van der Waals surface area contributed by atoms with Crippen molar-refractivity contribution in [1.82, 2.24) is 9.55 Å². The zero-order valence-corrected chi connectivity index (χ0v) is 16.6. The fraction of sp³-hybridized carbons (Fsp3) is 0.316. The number of hydrogen-bond donors (Lipinski definition) is 1. The maximum atomic E-state index is 12.6. The minimum absolute atomic E-state index is 0.0519. The van der Waals surface area contributed by atoms with Crippen LogP contribution in [-0.2, 0) is 22.1 Å². The van der Waals surface area contributed by atoms with E-state index in [1.807, 2.05) is 24.3 Å². The summed E-state index contributed by atoms with van der Waals surface area (Å²) in [4.78, 5) is 14.8. The van der Waals surface area contributed by atoms with Gasteiger partial charge in [0.25, 0.3) is 0 Å². The fourth-order valence-corrected chi connectivity index (χ4v) is 5.02. The van der Waals surface area contributed by atoms with Crippen LogP contribution in [0.2, 0.25) is 5.02 Å². The lowest BCUT2D eigenvalue weighted by molar-refractivity contribution is 0.171. The van der Waals surface area contributed by atoms with E-state index in [4.69, 9.17) is 21.1 Å². The van der Waals surface area contributed by atoms with Crippen LogP contribution >= 0.6 is 11.6 Å². The Morgan fingerprint density at radius 3 is 2.61 bits per heavy atom. The molecule has 1 aromatic heterocycles. The van der Waals surface area contributed by atoms with Gasteiger partial charge in [0, 0.05) is 17.6 Å². The third-order valence-corrected chi connectivity index (χ3v) is 6.62. The van der Waals surface area contributed by atoms with Crippen molar-refractivity contribution in [3.63, 3.8) is 0 Å². The second-order valence-corrected chi connectivity index (χ2v) is 9.22. The number of aromatic nitrogens is 2. The number of para-hydroxylation sites is 2. The van der Waals surface area contributed by atoms with E-state index in [-0.39, 0.29) is 17.2 Å². The number of sulfone groups is 1. The molecule has 0 saturated heterocycles. The second-order valence-electron chi connectivity index (χ2n) is 6.63. The Morgan fingerprint density at radius 2 is 1.82 bits per heavy atom. The monoisotopic (exact) mass is 422 g/mol. The quantitative estimate of drug-likeness (QED) is 0.659. The number of rotatable bonds is 6. The number of aryl methyl sites for hydroxylation is 1. The second kappa shape index (κ2) is 7.52. The number of imidazole rings is 1. The van der Waals surface area contributed by atoms with E-state index in [2.05, 4.69) is 4.98 Å². The van der Waals surface area contributed by atoms with Gasteiger partial charge in [-0.25, -0.2) is 13.2 Å². The number of ether oxygens (including phenoxy) is 2. The maximum Gasteiger partial charge on any atom is 0.326 e. The summed E-state index contributed by atoms with van der Waals surface area (Å²) in [6, 6.07) is 10.5. The first-order valence-electron chi connectivity index (χ1n) is 8.89. The molecule has 28 heavy (non-hydrogen) atoms. The maximum absolute atomic E-state index is 12.6. The van der Waals surface area contributed by atoms with Crippen LogP contribution in [0, 0.1) is 0 Å². The largest absolute Gasteiger partial charge is 0.486 e. The van der Waals surface area contributed by atoms with Crippen molar-refractivity contribution in [2.45, 2.75) is 18.7 Å². The molecular weight excluding hydrogens is 404 g/mol. The van der Waals surface area contributed by atoms with E-state index in [9.17, 15) is 13.2 Å². The molecule has 0 bridgehead atoms. The SMILES string of the molecule is O=c1[nH]c2ccccc2n1CCCS(=O)(=O)Cc1cc2c(cc1Cl)OCCO2. The molecule has 0 spiro atoms. The summed E-state index contributed by atoms with van der Waals surface area (Å²) in [7, 11) is -3.41. The fourth-order valence-electron chi connectivity index (χ4n) is 3.30. The Kier molecular flexibility index (Phi) is 5.07. The number of aromatic amines is 1. The Balaban J connectivity index is 1.45. The van der Waals surface area contributed by atoms with E-state index in [1.165, 1.54) is 0 Å². The molecule has 0 fully saturated rings. The number of nitrogens with one attached hydrogen (secondary N) is 1. The van der Waals surface area contributed by atoms with Gasteiger partial charge in [0.15, 0.2) is 21.3 Å². The lowest BCUT2D eigenvalue weighted by Gasteiger charge is -2.19. The Morgan fingerprint density at radius 1 is 1.11 bits per heavy atom. The van der Waals surface area contributed by atoms with Gasteiger partial charge in [0.05, 0.1) is 22.5 Å². The molecule has 0 saturated carbocycles. The molecule has 9 heteroatoms. The van der Waals surface area contributed by atoms with Gasteiger partial charge >= 0.3 is 5.69 Å².